The van der Waals surface area contributed by atoms with Crippen LogP contribution in [0.2, 0.25) is 0 Å². The molecule has 0 bridgehead atoms. The van der Waals surface area contributed by atoms with Crippen LogP contribution in [0, 0.1) is 5.92 Å². The third-order valence-corrected chi connectivity index (χ3v) is 3.45. The first-order valence-corrected chi connectivity index (χ1v) is 6.09. The second kappa shape index (κ2) is 5.55. The predicted octanol–water partition coefficient (Wildman–Crippen LogP) is 3.67. The normalized spacial score (nSPS) is 33.8. The van der Waals surface area contributed by atoms with E-state index in [1.54, 1.807) is 0 Å². The lowest BCUT2D eigenvalue weighted by atomic mass is 9.76. The lowest BCUT2D eigenvalue weighted by Gasteiger charge is -2.35. The van der Waals surface area contributed by atoms with Gasteiger partial charge in [-0.2, -0.15) is 0 Å². The third-order valence-electron chi connectivity index (χ3n) is 3.45. The van der Waals surface area contributed by atoms with Gasteiger partial charge in [-0.1, -0.05) is 51.7 Å². The van der Waals surface area contributed by atoms with E-state index in [2.05, 4.69) is 26.0 Å². The number of hydrogen-bond donors (Lipinski definition) is 1. The van der Waals surface area contributed by atoms with E-state index in [1.165, 1.54) is 32.1 Å². The van der Waals surface area contributed by atoms with Gasteiger partial charge >= 0.3 is 0 Å². The molecule has 0 aromatic carbocycles. The molecule has 1 fully saturated rings. The quantitative estimate of drug-likeness (QED) is 0.537. The highest BCUT2D eigenvalue weighted by atomic mass is 16.3. The summed E-state index contributed by atoms with van der Waals surface area (Å²) in [6.07, 6.45) is 12.4. The van der Waals surface area contributed by atoms with Crippen molar-refractivity contribution in [2.24, 2.45) is 5.92 Å². The predicted molar refractivity (Wildman–Crippen MR) is 61.2 cm³/mol. The Balaban J connectivity index is 2.42. The first-order valence-electron chi connectivity index (χ1n) is 6.09. The molecule has 1 aliphatic carbocycles. The minimum Gasteiger partial charge on any atom is -0.386 e. The van der Waals surface area contributed by atoms with Crippen LogP contribution in [0.3, 0.4) is 0 Å². The van der Waals surface area contributed by atoms with Crippen molar-refractivity contribution in [3.8, 4) is 0 Å². The average Bonchev–Trinajstić information content (AvgIpc) is 2.18. The summed E-state index contributed by atoms with van der Waals surface area (Å²) in [5.74, 6) is 0.439. The molecular weight excluding hydrogens is 172 g/mol. The lowest BCUT2D eigenvalue weighted by molar-refractivity contribution is 0.00321. The zero-order chi connectivity index (χ0) is 10.4. The highest BCUT2D eigenvalue weighted by molar-refractivity contribution is 5.05. The van der Waals surface area contributed by atoms with Gasteiger partial charge in [-0.05, 0) is 25.2 Å². The van der Waals surface area contributed by atoms with Crippen LogP contribution in [-0.2, 0) is 0 Å². The maximum absolute atomic E-state index is 10.4. The summed E-state index contributed by atoms with van der Waals surface area (Å²) in [5, 5.41) is 10.4. The highest BCUT2D eigenvalue weighted by Gasteiger charge is 2.32. The van der Waals surface area contributed by atoms with Gasteiger partial charge in [0.25, 0.3) is 0 Å². The third kappa shape index (κ3) is 3.13. The van der Waals surface area contributed by atoms with Crippen molar-refractivity contribution in [3.05, 3.63) is 12.2 Å². The van der Waals surface area contributed by atoms with Crippen LogP contribution in [0.25, 0.3) is 0 Å². The zero-order valence-electron chi connectivity index (χ0n) is 9.63. The molecule has 2 atom stereocenters. The Labute approximate surface area is 88.2 Å². The molecule has 1 heteroatoms. The topological polar surface area (TPSA) is 20.2 Å². The zero-order valence-corrected chi connectivity index (χ0v) is 9.63. The molecule has 0 aliphatic heterocycles. The van der Waals surface area contributed by atoms with E-state index in [0.717, 1.165) is 12.8 Å². The molecule has 0 heterocycles. The van der Waals surface area contributed by atoms with Crippen molar-refractivity contribution >= 4 is 0 Å². The fourth-order valence-corrected chi connectivity index (χ4v) is 2.21. The molecule has 0 amide bonds. The van der Waals surface area contributed by atoms with Crippen LogP contribution in [0.5, 0.6) is 0 Å². The van der Waals surface area contributed by atoms with Crippen LogP contribution in [0.15, 0.2) is 12.2 Å². The molecule has 1 rings (SSSR count). The van der Waals surface area contributed by atoms with Crippen molar-refractivity contribution < 1.29 is 5.11 Å². The SMILES string of the molecule is CCCC/C=C/[C@]1(O)CCCC[C@@H]1C. The summed E-state index contributed by atoms with van der Waals surface area (Å²) in [6, 6.07) is 0. The van der Waals surface area contributed by atoms with Crippen molar-refractivity contribution in [2.75, 3.05) is 0 Å². The summed E-state index contributed by atoms with van der Waals surface area (Å²) in [6.45, 7) is 4.37. The van der Waals surface area contributed by atoms with Crippen LogP contribution < -0.4 is 0 Å². The highest BCUT2D eigenvalue weighted by Crippen LogP contribution is 2.34. The summed E-state index contributed by atoms with van der Waals surface area (Å²) < 4.78 is 0. The van der Waals surface area contributed by atoms with Gasteiger partial charge in [-0.15, -0.1) is 0 Å². The van der Waals surface area contributed by atoms with Crippen LogP contribution in [0.1, 0.15) is 58.8 Å². The lowest BCUT2D eigenvalue weighted by Crippen LogP contribution is -2.36. The Kier molecular flexibility index (Phi) is 4.67. The molecule has 0 aromatic heterocycles. The minimum absolute atomic E-state index is 0.439. The van der Waals surface area contributed by atoms with Gasteiger partial charge in [0.1, 0.15) is 0 Å². The summed E-state index contributed by atoms with van der Waals surface area (Å²) in [4.78, 5) is 0. The number of allylic oxidation sites excluding steroid dienone is 1. The molecule has 0 radical (unpaired) electrons. The number of rotatable bonds is 4. The Bertz CT molecular complexity index is 186. The Morgan fingerprint density at radius 1 is 1.43 bits per heavy atom. The Hall–Kier alpha value is -0.300. The molecule has 1 saturated carbocycles. The molecule has 0 saturated heterocycles. The number of hydrogen-bond acceptors (Lipinski definition) is 1. The fraction of sp³-hybridized carbons (Fsp3) is 0.846. The van der Waals surface area contributed by atoms with Crippen molar-refractivity contribution in [3.63, 3.8) is 0 Å². The van der Waals surface area contributed by atoms with E-state index >= 15 is 0 Å². The van der Waals surface area contributed by atoms with E-state index in [1.807, 2.05) is 0 Å². The van der Waals surface area contributed by atoms with Crippen molar-refractivity contribution in [1.82, 2.24) is 0 Å². The van der Waals surface area contributed by atoms with E-state index in [0.29, 0.717) is 5.92 Å². The van der Waals surface area contributed by atoms with E-state index in [9.17, 15) is 5.11 Å². The van der Waals surface area contributed by atoms with Gasteiger partial charge in [0.05, 0.1) is 5.60 Å². The van der Waals surface area contributed by atoms with Crippen LogP contribution >= 0.6 is 0 Å². The second-order valence-electron chi connectivity index (χ2n) is 4.68. The average molecular weight is 196 g/mol. The second-order valence-corrected chi connectivity index (χ2v) is 4.68. The molecule has 14 heavy (non-hydrogen) atoms. The summed E-state index contributed by atoms with van der Waals surface area (Å²) in [7, 11) is 0. The van der Waals surface area contributed by atoms with Gasteiger partial charge in [0.2, 0.25) is 0 Å². The summed E-state index contributed by atoms with van der Waals surface area (Å²) in [5.41, 5.74) is -0.494. The van der Waals surface area contributed by atoms with E-state index in [-0.39, 0.29) is 0 Å². The van der Waals surface area contributed by atoms with Gasteiger partial charge in [-0.25, -0.2) is 0 Å². The molecule has 0 spiro atoms. The van der Waals surface area contributed by atoms with Crippen LogP contribution in [0.4, 0.5) is 0 Å². The van der Waals surface area contributed by atoms with Gasteiger partial charge in [0.15, 0.2) is 0 Å². The smallest absolute Gasteiger partial charge is 0.0853 e. The van der Waals surface area contributed by atoms with Crippen molar-refractivity contribution in [1.29, 1.82) is 0 Å². The molecule has 1 aliphatic rings. The first kappa shape index (κ1) is 11.8. The van der Waals surface area contributed by atoms with Crippen LogP contribution in [-0.4, -0.2) is 10.7 Å². The Morgan fingerprint density at radius 3 is 2.86 bits per heavy atom. The first-order chi connectivity index (χ1) is 6.69. The molecule has 0 unspecified atom stereocenters. The van der Waals surface area contributed by atoms with Gasteiger partial charge in [-0.3, -0.25) is 0 Å². The maximum atomic E-state index is 10.4. The fourth-order valence-electron chi connectivity index (χ4n) is 2.21. The van der Waals surface area contributed by atoms with Gasteiger partial charge in [0, 0.05) is 0 Å². The summed E-state index contributed by atoms with van der Waals surface area (Å²) >= 11 is 0. The number of aliphatic hydroxyl groups is 1. The monoisotopic (exact) mass is 196 g/mol. The Morgan fingerprint density at radius 2 is 2.21 bits per heavy atom. The number of unbranched alkanes of at least 4 members (excludes halogenated alkanes) is 2. The van der Waals surface area contributed by atoms with E-state index < -0.39 is 5.60 Å². The van der Waals surface area contributed by atoms with E-state index in [4.69, 9.17) is 0 Å². The molecular formula is C13H24O. The van der Waals surface area contributed by atoms with Gasteiger partial charge < -0.3 is 5.11 Å². The largest absolute Gasteiger partial charge is 0.386 e. The molecule has 0 aromatic rings. The maximum Gasteiger partial charge on any atom is 0.0853 e. The minimum atomic E-state index is -0.494. The standard InChI is InChI=1S/C13H24O/c1-3-4-5-7-10-13(14)11-8-6-9-12(13)2/h7,10,12,14H,3-6,8-9,11H2,1-2H3/b10-7+/t12-,13-/m0/s1. The van der Waals surface area contributed by atoms with Crippen molar-refractivity contribution in [2.45, 2.75) is 64.4 Å². The molecule has 1 nitrogen and oxygen atoms in total. The molecule has 82 valence electrons. The molecule has 1 N–H and O–H groups in total.